The Balaban J connectivity index is 2.08. The first-order valence-electron chi connectivity index (χ1n) is 5.66. The zero-order valence-corrected chi connectivity index (χ0v) is 9.45. The molecular weight excluding hydrogens is 207 g/mol. The molecule has 1 aromatic rings. The lowest BCUT2D eigenvalue weighted by atomic mass is 9.85. The molecule has 1 saturated heterocycles. The minimum atomic E-state index is -0.745. The van der Waals surface area contributed by atoms with Crippen LogP contribution in [-0.4, -0.2) is 23.4 Å². The topological polar surface area (TPSA) is 29.5 Å². The van der Waals surface area contributed by atoms with Crippen molar-refractivity contribution in [1.29, 1.82) is 0 Å². The maximum atomic E-state index is 13.0. The van der Waals surface area contributed by atoms with Gasteiger partial charge in [-0.25, -0.2) is 4.39 Å². The lowest BCUT2D eigenvalue weighted by molar-refractivity contribution is -0.0961. The van der Waals surface area contributed by atoms with Crippen LogP contribution in [0.25, 0.3) is 0 Å². The van der Waals surface area contributed by atoms with Gasteiger partial charge in [0.15, 0.2) is 0 Å². The number of aliphatic hydroxyl groups is 1. The van der Waals surface area contributed by atoms with Crippen LogP contribution in [0.15, 0.2) is 24.3 Å². The molecule has 0 aromatic heterocycles. The molecule has 2 unspecified atom stereocenters. The third kappa shape index (κ3) is 2.80. The van der Waals surface area contributed by atoms with Crippen LogP contribution >= 0.6 is 0 Å². The van der Waals surface area contributed by atoms with Crippen molar-refractivity contribution in [3.63, 3.8) is 0 Å². The van der Waals surface area contributed by atoms with Crippen molar-refractivity contribution in [1.82, 2.24) is 0 Å². The molecule has 1 aliphatic rings. The summed E-state index contributed by atoms with van der Waals surface area (Å²) in [4.78, 5) is 0. The van der Waals surface area contributed by atoms with Gasteiger partial charge in [-0.3, -0.25) is 0 Å². The van der Waals surface area contributed by atoms with E-state index < -0.39 is 5.60 Å². The molecule has 1 aromatic carbocycles. The summed E-state index contributed by atoms with van der Waals surface area (Å²) in [5, 5.41) is 10.4. The van der Waals surface area contributed by atoms with Crippen molar-refractivity contribution in [2.45, 2.75) is 37.9 Å². The minimum absolute atomic E-state index is 0.0762. The van der Waals surface area contributed by atoms with E-state index in [0.29, 0.717) is 25.9 Å². The number of rotatable bonds is 2. The molecule has 2 rings (SSSR count). The summed E-state index contributed by atoms with van der Waals surface area (Å²) in [6, 6.07) is 6.43. The summed E-state index contributed by atoms with van der Waals surface area (Å²) >= 11 is 0. The second-order valence-electron chi connectivity index (χ2n) is 4.67. The predicted molar refractivity (Wildman–Crippen MR) is 59.7 cm³/mol. The highest BCUT2D eigenvalue weighted by atomic mass is 19.1. The van der Waals surface area contributed by atoms with Crippen LogP contribution in [0.5, 0.6) is 0 Å². The highest BCUT2D eigenvalue weighted by Gasteiger charge is 2.33. The van der Waals surface area contributed by atoms with Gasteiger partial charge >= 0.3 is 0 Å². The van der Waals surface area contributed by atoms with Gasteiger partial charge in [0.25, 0.3) is 0 Å². The van der Waals surface area contributed by atoms with E-state index in [1.165, 1.54) is 12.1 Å². The molecule has 0 saturated carbocycles. The second kappa shape index (κ2) is 4.52. The molecule has 2 nitrogen and oxygen atoms in total. The van der Waals surface area contributed by atoms with Gasteiger partial charge in [-0.15, -0.1) is 0 Å². The maximum absolute atomic E-state index is 13.0. The molecule has 1 N–H and O–H groups in total. The molecule has 0 aliphatic carbocycles. The van der Waals surface area contributed by atoms with Crippen molar-refractivity contribution < 1.29 is 14.2 Å². The lowest BCUT2D eigenvalue weighted by Crippen LogP contribution is -2.41. The summed E-state index contributed by atoms with van der Waals surface area (Å²) in [5.74, 6) is -0.249. The third-order valence-electron chi connectivity index (χ3n) is 3.06. The Kier molecular flexibility index (Phi) is 3.26. The summed E-state index contributed by atoms with van der Waals surface area (Å²) in [6.45, 7) is 2.53. The quantitative estimate of drug-likeness (QED) is 0.835. The molecule has 16 heavy (non-hydrogen) atoms. The van der Waals surface area contributed by atoms with E-state index in [9.17, 15) is 9.50 Å². The van der Waals surface area contributed by atoms with Crippen LogP contribution in [0.2, 0.25) is 0 Å². The fraction of sp³-hybridized carbons (Fsp3) is 0.538. The van der Waals surface area contributed by atoms with E-state index in [4.69, 9.17) is 4.74 Å². The minimum Gasteiger partial charge on any atom is -0.389 e. The summed E-state index contributed by atoms with van der Waals surface area (Å²) in [7, 11) is 0. The van der Waals surface area contributed by atoms with Gasteiger partial charge in [0, 0.05) is 19.4 Å². The van der Waals surface area contributed by atoms with E-state index in [2.05, 4.69) is 0 Å². The van der Waals surface area contributed by atoms with Crippen LogP contribution in [0.1, 0.15) is 25.3 Å². The van der Waals surface area contributed by atoms with Crippen molar-refractivity contribution in [3.8, 4) is 0 Å². The first-order valence-corrected chi connectivity index (χ1v) is 5.66. The average molecular weight is 224 g/mol. The van der Waals surface area contributed by atoms with Gasteiger partial charge < -0.3 is 9.84 Å². The maximum Gasteiger partial charge on any atom is 0.123 e. The fourth-order valence-corrected chi connectivity index (χ4v) is 2.33. The van der Waals surface area contributed by atoms with Gasteiger partial charge in [0.1, 0.15) is 5.82 Å². The Labute approximate surface area is 95.1 Å². The van der Waals surface area contributed by atoms with Crippen LogP contribution < -0.4 is 0 Å². The van der Waals surface area contributed by atoms with Gasteiger partial charge in [0.2, 0.25) is 0 Å². The van der Waals surface area contributed by atoms with Gasteiger partial charge in [0.05, 0.1) is 11.7 Å². The molecule has 0 bridgehead atoms. The van der Waals surface area contributed by atoms with E-state index in [0.717, 1.165) is 5.56 Å². The van der Waals surface area contributed by atoms with Crippen molar-refractivity contribution >= 4 is 0 Å². The standard InChI is InChI=1S/C13H17FO2/c1-10-8-13(15,5-6-16-10)9-11-3-2-4-12(14)7-11/h2-4,7,10,15H,5-6,8-9H2,1H3. The second-order valence-corrected chi connectivity index (χ2v) is 4.67. The number of hydrogen-bond donors (Lipinski definition) is 1. The molecule has 0 spiro atoms. The number of benzene rings is 1. The number of halogens is 1. The van der Waals surface area contributed by atoms with Crippen molar-refractivity contribution in [2.24, 2.45) is 0 Å². The van der Waals surface area contributed by atoms with Crippen LogP contribution in [0.4, 0.5) is 4.39 Å². The Hall–Kier alpha value is -0.930. The third-order valence-corrected chi connectivity index (χ3v) is 3.06. The fourth-order valence-electron chi connectivity index (χ4n) is 2.33. The number of ether oxygens (including phenoxy) is 1. The molecule has 0 amide bonds. The Morgan fingerprint density at radius 3 is 3.06 bits per heavy atom. The van der Waals surface area contributed by atoms with E-state index in [1.54, 1.807) is 6.07 Å². The Bertz CT molecular complexity index is 367. The van der Waals surface area contributed by atoms with Crippen LogP contribution in [0.3, 0.4) is 0 Å². The van der Waals surface area contributed by atoms with Crippen LogP contribution in [-0.2, 0) is 11.2 Å². The molecular formula is C13H17FO2. The van der Waals surface area contributed by atoms with Crippen molar-refractivity contribution in [2.75, 3.05) is 6.61 Å². The molecule has 0 radical (unpaired) electrons. The SMILES string of the molecule is CC1CC(O)(Cc2cccc(F)c2)CCO1. The average Bonchev–Trinajstić information content (AvgIpc) is 2.16. The van der Waals surface area contributed by atoms with E-state index in [1.807, 2.05) is 13.0 Å². The van der Waals surface area contributed by atoms with Crippen molar-refractivity contribution in [3.05, 3.63) is 35.6 Å². The highest BCUT2D eigenvalue weighted by molar-refractivity contribution is 5.18. The summed E-state index contributed by atoms with van der Waals surface area (Å²) in [5.41, 5.74) is 0.0995. The smallest absolute Gasteiger partial charge is 0.123 e. The molecule has 88 valence electrons. The number of hydrogen-bond acceptors (Lipinski definition) is 2. The first kappa shape index (κ1) is 11.6. The van der Waals surface area contributed by atoms with E-state index >= 15 is 0 Å². The molecule has 1 heterocycles. The molecule has 1 fully saturated rings. The summed E-state index contributed by atoms with van der Waals surface area (Å²) in [6.07, 6.45) is 1.81. The van der Waals surface area contributed by atoms with Gasteiger partial charge in [-0.2, -0.15) is 0 Å². The van der Waals surface area contributed by atoms with Gasteiger partial charge in [-0.1, -0.05) is 12.1 Å². The highest BCUT2D eigenvalue weighted by Crippen LogP contribution is 2.28. The zero-order valence-electron chi connectivity index (χ0n) is 9.45. The molecule has 3 heteroatoms. The molecule has 1 aliphatic heterocycles. The normalized spacial score (nSPS) is 30.3. The Morgan fingerprint density at radius 1 is 1.56 bits per heavy atom. The zero-order chi connectivity index (χ0) is 11.6. The first-order chi connectivity index (χ1) is 7.57. The Morgan fingerprint density at radius 2 is 2.38 bits per heavy atom. The molecule has 2 atom stereocenters. The van der Waals surface area contributed by atoms with Crippen LogP contribution in [0, 0.1) is 5.82 Å². The van der Waals surface area contributed by atoms with Gasteiger partial charge in [-0.05, 0) is 31.0 Å². The predicted octanol–water partition coefficient (Wildman–Crippen LogP) is 2.30. The van der Waals surface area contributed by atoms with E-state index in [-0.39, 0.29) is 11.9 Å². The largest absolute Gasteiger partial charge is 0.389 e. The lowest BCUT2D eigenvalue weighted by Gasteiger charge is -2.35. The summed E-state index contributed by atoms with van der Waals surface area (Å²) < 4.78 is 18.4. The monoisotopic (exact) mass is 224 g/mol.